The van der Waals surface area contributed by atoms with Crippen LogP contribution in [0.5, 0.6) is 5.75 Å². The molecule has 1 aromatic heterocycles. The Morgan fingerprint density at radius 2 is 2.14 bits per heavy atom. The van der Waals surface area contributed by atoms with Gasteiger partial charge < -0.3 is 14.5 Å². The normalized spacial score (nSPS) is 10.4. The number of nitrogens with one attached hydrogen (secondary N) is 1. The number of amides is 1. The first-order valence-corrected chi connectivity index (χ1v) is 6.97. The Balaban J connectivity index is 1.97. The number of carbonyl (C=O) groups excluding carboxylic acids is 1. The zero-order valence-corrected chi connectivity index (χ0v) is 12.3. The molecule has 112 valence electrons. The van der Waals surface area contributed by atoms with Crippen molar-refractivity contribution in [2.24, 2.45) is 0 Å². The van der Waals surface area contributed by atoms with E-state index < -0.39 is 0 Å². The Morgan fingerprint density at radius 1 is 1.33 bits per heavy atom. The lowest BCUT2D eigenvalue weighted by atomic mass is 10.2. The number of ether oxygens (including phenoxy) is 1. The van der Waals surface area contributed by atoms with Gasteiger partial charge in [0.05, 0.1) is 12.7 Å². The Labute approximate surface area is 123 Å². The number of aromatic nitrogens is 2. The maximum Gasteiger partial charge on any atom is 0.251 e. The van der Waals surface area contributed by atoms with Crippen molar-refractivity contribution >= 4 is 5.91 Å². The predicted molar refractivity (Wildman–Crippen MR) is 77.9 cm³/mol. The number of para-hydroxylation sites is 1. The molecule has 0 atom stereocenters. The molecule has 0 bridgehead atoms. The maximum absolute atomic E-state index is 11.3. The summed E-state index contributed by atoms with van der Waals surface area (Å²) in [6.45, 7) is 2.46. The smallest absolute Gasteiger partial charge is 0.251 e. The van der Waals surface area contributed by atoms with E-state index in [1.54, 1.807) is 7.11 Å². The third kappa shape index (κ3) is 4.05. The summed E-state index contributed by atoms with van der Waals surface area (Å²) in [5.41, 5.74) is 0.758. The predicted octanol–water partition coefficient (Wildman–Crippen LogP) is 2.20. The lowest BCUT2D eigenvalue weighted by Crippen LogP contribution is -2.25. The molecular formula is C15H19N3O3. The van der Waals surface area contributed by atoms with Gasteiger partial charge >= 0.3 is 0 Å². The molecule has 0 aliphatic heterocycles. The molecule has 6 nitrogen and oxygen atoms in total. The van der Waals surface area contributed by atoms with Gasteiger partial charge in [-0.1, -0.05) is 19.1 Å². The van der Waals surface area contributed by atoms with Crippen LogP contribution in [0.2, 0.25) is 0 Å². The monoisotopic (exact) mass is 289 g/mol. The molecule has 1 amide bonds. The Morgan fingerprint density at radius 3 is 2.90 bits per heavy atom. The van der Waals surface area contributed by atoms with Crippen molar-refractivity contribution in [3.05, 3.63) is 30.2 Å². The average molecular weight is 289 g/mol. The van der Waals surface area contributed by atoms with Gasteiger partial charge in [-0.3, -0.25) is 4.79 Å². The topological polar surface area (TPSA) is 77.2 Å². The van der Waals surface area contributed by atoms with E-state index in [4.69, 9.17) is 9.15 Å². The van der Waals surface area contributed by atoms with Crippen LogP contribution < -0.4 is 10.1 Å². The van der Waals surface area contributed by atoms with E-state index >= 15 is 0 Å². The quantitative estimate of drug-likeness (QED) is 0.845. The number of rotatable bonds is 7. The molecule has 1 heterocycles. The summed E-state index contributed by atoms with van der Waals surface area (Å²) < 4.78 is 10.9. The van der Waals surface area contributed by atoms with Gasteiger partial charge in [0.25, 0.3) is 5.89 Å². The third-order valence-corrected chi connectivity index (χ3v) is 2.94. The highest BCUT2D eigenvalue weighted by Crippen LogP contribution is 2.28. The van der Waals surface area contributed by atoms with Crippen LogP contribution in [0.15, 0.2) is 28.7 Å². The van der Waals surface area contributed by atoms with Crippen molar-refractivity contribution < 1.29 is 13.9 Å². The highest BCUT2D eigenvalue weighted by molar-refractivity contribution is 5.75. The van der Waals surface area contributed by atoms with E-state index in [0.29, 0.717) is 36.9 Å². The largest absolute Gasteiger partial charge is 0.496 e. The number of nitrogens with zero attached hydrogens (tertiary/aromatic N) is 2. The molecule has 0 unspecified atom stereocenters. The summed E-state index contributed by atoms with van der Waals surface area (Å²) >= 11 is 0. The highest BCUT2D eigenvalue weighted by Gasteiger charge is 2.12. The first kappa shape index (κ1) is 15.0. The molecule has 6 heteroatoms. The minimum atomic E-state index is 0.0435. The summed E-state index contributed by atoms with van der Waals surface area (Å²) in [5, 5.41) is 10.8. The van der Waals surface area contributed by atoms with Crippen molar-refractivity contribution in [1.82, 2.24) is 15.5 Å². The van der Waals surface area contributed by atoms with E-state index in [1.807, 2.05) is 31.2 Å². The molecule has 1 N–H and O–H groups in total. The van der Waals surface area contributed by atoms with E-state index in [1.165, 1.54) is 0 Å². The number of hydrogen-bond acceptors (Lipinski definition) is 5. The molecule has 2 aromatic rings. The highest BCUT2D eigenvalue weighted by atomic mass is 16.5. The lowest BCUT2D eigenvalue weighted by Gasteiger charge is -2.03. The summed E-state index contributed by atoms with van der Waals surface area (Å²) in [6, 6.07) is 7.46. The fourth-order valence-electron chi connectivity index (χ4n) is 1.91. The van der Waals surface area contributed by atoms with Crippen LogP contribution in [0.3, 0.4) is 0 Å². The number of benzene rings is 1. The van der Waals surface area contributed by atoms with E-state index in [2.05, 4.69) is 15.5 Å². The van der Waals surface area contributed by atoms with Crippen molar-refractivity contribution in [3.63, 3.8) is 0 Å². The van der Waals surface area contributed by atoms with Crippen molar-refractivity contribution in [2.45, 2.75) is 26.2 Å². The molecule has 0 fully saturated rings. The summed E-state index contributed by atoms with van der Waals surface area (Å²) in [5.74, 6) is 1.64. The second-order valence-electron chi connectivity index (χ2n) is 4.55. The number of hydrogen-bond donors (Lipinski definition) is 1. The molecule has 0 saturated carbocycles. The molecule has 0 aliphatic rings. The molecular weight excluding hydrogens is 270 g/mol. The molecule has 0 aliphatic carbocycles. The molecule has 0 saturated heterocycles. The van der Waals surface area contributed by atoms with E-state index in [9.17, 15) is 4.79 Å². The Kier molecular flexibility index (Phi) is 5.31. The van der Waals surface area contributed by atoms with Crippen molar-refractivity contribution in [1.29, 1.82) is 0 Å². The van der Waals surface area contributed by atoms with Gasteiger partial charge in [-0.2, -0.15) is 0 Å². The van der Waals surface area contributed by atoms with E-state index in [-0.39, 0.29) is 5.91 Å². The first-order valence-electron chi connectivity index (χ1n) is 6.97. The minimum Gasteiger partial charge on any atom is -0.496 e. The van der Waals surface area contributed by atoms with Gasteiger partial charge in [0.15, 0.2) is 0 Å². The van der Waals surface area contributed by atoms with Crippen LogP contribution in [0, 0.1) is 0 Å². The van der Waals surface area contributed by atoms with Gasteiger partial charge in [-0.15, -0.1) is 10.2 Å². The van der Waals surface area contributed by atoms with E-state index in [0.717, 1.165) is 12.0 Å². The lowest BCUT2D eigenvalue weighted by molar-refractivity contribution is -0.121. The van der Waals surface area contributed by atoms with Gasteiger partial charge in [0.2, 0.25) is 11.8 Å². The first-order chi connectivity index (χ1) is 10.2. The van der Waals surface area contributed by atoms with Crippen molar-refractivity contribution in [2.75, 3.05) is 13.7 Å². The van der Waals surface area contributed by atoms with Crippen LogP contribution in [0.1, 0.15) is 25.7 Å². The van der Waals surface area contributed by atoms with Crippen LogP contribution in [0.25, 0.3) is 11.5 Å². The van der Waals surface area contributed by atoms with Crippen LogP contribution in [-0.2, 0) is 11.2 Å². The van der Waals surface area contributed by atoms with Gasteiger partial charge in [-0.05, 0) is 18.6 Å². The minimum absolute atomic E-state index is 0.0435. The fourth-order valence-corrected chi connectivity index (χ4v) is 1.91. The van der Waals surface area contributed by atoms with Crippen LogP contribution in [0.4, 0.5) is 0 Å². The number of methoxy groups -OCH3 is 1. The maximum atomic E-state index is 11.3. The number of carbonyl (C=O) groups is 1. The van der Waals surface area contributed by atoms with Gasteiger partial charge in [0, 0.05) is 19.4 Å². The van der Waals surface area contributed by atoms with Crippen LogP contribution >= 0.6 is 0 Å². The fraction of sp³-hybridized carbons (Fsp3) is 0.400. The molecule has 21 heavy (non-hydrogen) atoms. The standard InChI is InChI=1S/C15H19N3O3/c1-3-6-13(19)16-10-9-14-17-18-15(21-14)11-7-4-5-8-12(11)20-2/h4-5,7-8H,3,6,9-10H2,1-2H3,(H,16,19). The second kappa shape index (κ2) is 7.42. The molecule has 0 spiro atoms. The SMILES string of the molecule is CCCC(=O)NCCc1nnc(-c2ccccc2OC)o1. The average Bonchev–Trinajstić information content (AvgIpc) is 2.96. The zero-order chi connectivity index (χ0) is 15.1. The van der Waals surface area contributed by atoms with Crippen molar-refractivity contribution in [3.8, 4) is 17.2 Å². The van der Waals surface area contributed by atoms with Gasteiger partial charge in [-0.25, -0.2) is 0 Å². The molecule has 0 radical (unpaired) electrons. The Bertz CT molecular complexity index is 595. The summed E-state index contributed by atoms with van der Waals surface area (Å²) in [7, 11) is 1.60. The van der Waals surface area contributed by atoms with Crippen LogP contribution in [-0.4, -0.2) is 29.8 Å². The third-order valence-electron chi connectivity index (χ3n) is 2.94. The second-order valence-corrected chi connectivity index (χ2v) is 4.55. The molecule has 1 aromatic carbocycles. The summed E-state index contributed by atoms with van der Waals surface area (Å²) in [4.78, 5) is 11.3. The molecule has 2 rings (SSSR count). The van der Waals surface area contributed by atoms with Gasteiger partial charge in [0.1, 0.15) is 5.75 Å². The zero-order valence-electron chi connectivity index (χ0n) is 12.3. The Hall–Kier alpha value is -2.37. The summed E-state index contributed by atoms with van der Waals surface area (Å²) in [6.07, 6.45) is 1.89.